The van der Waals surface area contributed by atoms with Gasteiger partial charge in [0.25, 0.3) is 0 Å². The van der Waals surface area contributed by atoms with E-state index in [1.54, 1.807) is 0 Å². The summed E-state index contributed by atoms with van der Waals surface area (Å²) in [6, 6.07) is 4.06. The van der Waals surface area contributed by atoms with Gasteiger partial charge in [0.05, 0.1) is 13.2 Å². The number of nitrogens with two attached hydrogens (primary N) is 1. The van der Waals surface area contributed by atoms with Crippen molar-refractivity contribution in [2.75, 3.05) is 13.2 Å². The number of fused-ring (bicyclic) bond motifs is 1. The second-order valence-electron chi connectivity index (χ2n) is 4.15. The molecule has 88 valence electrons. The van der Waals surface area contributed by atoms with Crippen LogP contribution in [0, 0.1) is 0 Å². The van der Waals surface area contributed by atoms with Crippen LogP contribution in [-0.4, -0.2) is 13.2 Å². The molecule has 3 nitrogen and oxygen atoms in total. The van der Waals surface area contributed by atoms with Crippen molar-refractivity contribution in [2.24, 2.45) is 5.73 Å². The molecule has 0 aliphatic carbocycles. The molecular formula is C13H19NO2. The highest BCUT2D eigenvalue weighted by Gasteiger charge is 2.18. The third-order valence-electron chi connectivity index (χ3n) is 2.90. The van der Waals surface area contributed by atoms with Gasteiger partial charge in [-0.15, -0.1) is 0 Å². The zero-order chi connectivity index (χ0) is 11.5. The first-order valence-corrected chi connectivity index (χ1v) is 5.91. The van der Waals surface area contributed by atoms with Crippen LogP contribution >= 0.6 is 0 Å². The van der Waals surface area contributed by atoms with Crippen LogP contribution in [0.15, 0.2) is 12.1 Å². The summed E-state index contributed by atoms with van der Waals surface area (Å²) in [6.45, 7) is 5.57. The summed E-state index contributed by atoms with van der Waals surface area (Å²) in [5.74, 6) is 1.76. The molecule has 1 aromatic rings. The van der Waals surface area contributed by atoms with Crippen LogP contribution in [0.5, 0.6) is 11.5 Å². The molecule has 0 bridgehead atoms. The molecule has 1 unspecified atom stereocenters. The van der Waals surface area contributed by atoms with Crippen molar-refractivity contribution in [3.05, 3.63) is 23.3 Å². The van der Waals surface area contributed by atoms with Crippen molar-refractivity contribution in [1.29, 1.82) is 0 Å². The first-order valence-electron chi connectivity index (χ1n) is 5.91. The summed E-state index contributed by atoms with van der Waals surface area (Å²) < 4.78 is 11.4. The van der Waals surface area contributed by atoms with Crippen molar-refractivity contribution >= 4 is 0 Å². The Hall–Kier alpha value is -1.22. The summed E-state index contributed by atoms with van der Waals surface area (Å²) in [5.41, 5.74) is 8.31. The lowest BCUT2D eigenvalue weighted by Gasteiger charge is -2.17. The standard InChI is InChI=1S/C13H19NO2/c1-3-10-11(9(2)14)5-6-12-13(10)16-8-4-7-15-12/h5-6,9H,3-4,7-8,14H2,1-2H3. The molecule has 16 heavy (non-hydrogen) atoms. The second-order valence-corrected chi connectivity index (χ2v) is 4.15. The normalized spacial score (nSPS) is 16.7. The van der Waals surface area contributed by atoms with Crippen LogP contribution < -0.4 is 15.2 Å². The van der Waals surface area contributed by atoms with Crippen molar-refractivity contribution < 1.29 is 9.47 Å². The van der Waals surface area contributed by atoms with Gasteiger partial charge in [0.1, 0.15) is 0 Å². The van der Waals surface area contributed by atoms with E-state index in [9.17, 15) is 0 Å². The van der Waals surface area contributed by atoms with Crippen LogP contribution in [0.2, 0.25) is 0 Å². The predicted octanol–water partition coefficient (Wildman–Crippen LogP) is 2.43. The summed E-state index contributed by atoms with van der Waals surface area (Å²) in [6.07, 6.45) is 1.86. The molecular weight excluding hydrogens is 202 g/mol. The molecule has 0 saturated heterocycles. The molecule has 3 heteroatoms. The molecule has 0 radical (unpaired) electrons. The minimum absolute atomic E-state index is 0.0344. The highest BCUT2D eigenvalue weighted by Crippen LogP contribution is 2.37. The van der Waals surface area contributed by atoms with Crippen LogP contribution in [0.25, 0.3) is 0 Å². The Morgan fingerprint density at radius 3 is 2.75 bits per heavy atom. The number of ether oxygens (including phenoxy) is 2. The van der Waals surface area contributed by atoms with E-state index in [1.165, 1.54) is 5.56 Å². The third-order valence-corrected chi connectivity index (χ3v) is 2.90. The lowest BCUT2D eigenvalue weighted by molar-refractivity contribution is 0.296. The van der Waals surface area contributed by atoms with E-state index < -0.39 is 0 Å². The van der Waals surface area contributed by atoms with E-state index in [2.05, 4.69) is 13.0 Å². The monoisotopic (exact) mass is 221 g/mol. The molecule has 0 amide bonds. The second kappa shape index (κ2) is 4.74. The van der Waals surface area contributed by atoms with Crippen molar-refractivity contribution in [2.45, 2.75) is 32.7 Å². The lowest BCUT2D eigenvalue weighted by atomic mass is 9.98. The van der Waals surface area contributed by atoms with E-state index in [0.29, 0.717) is 0 Å². The van der Waals surface area contributed by atoms with Crippen molar-refractivity contribution in [1.82, 2.24) is 0 Å². The van der Waals surface area contributed by atoms with Gasteiger partial charge in [0, 0.05) is 18.0 Å². The summed E-state index contributed by atoms with van der Waals surface area (Å²) in [5, 5.41) is 0. The molecule has 1 aromatic carbocycles. The molecule has 0 spiro atoms. The maximum Gasteiger partial charge on any atom is 0.164 e. The number of rotatable bonds is 2. The van der Waals surface area contributed by atoms with Crippen LogP contribution in [0.3, 0.4) is 0 Å². The fourth-order valence-corrected chi connectivity index (χ4v) is 2.10. The Kier molecular flexibility index (Phi) is 3.34. The Labute approximate surface area is 96.5 Å². The van der Waals surface area contributed by atoms with Gasteiger partial charge in [-0.3, -0.25) is 0 Å². The molecule has 1 aliphatic heterocycles. The predicted molar refractivity (Wildman–Crippen MR) is 64.0 cm³/mol. The van der Waals surface area contributed by atoms with Crippen LogP contribution in [0.1, 0.15) is 37.4 Å². The van der Waals surface area contributed by atoms with Gasteiger partial charge in [-0.25, -0.2) is 0 Å². The fraction of sp³-hybridized carbons (Fsp3) is 0.538. The average Bonchev–Trinajstić information content (AvgIpc) is 2.52. The minimum atomic E-state index is 0.0344. The van der Waals surface area contributed by atoms with E-state index in [0.717, 1.165) is 43.1 Å². The van der Waals surface area contributed by atoms with Crippen LogP contribution in [0.4, 0.5) is 0 Å². The molecule has 0 aromatic heterocycles. The molecule has 1 aliphatic rings. The molecule has 0 saturated carbocycles. The zero-order valence-corrected chi connectivity index (χ0v) is 9.95. The van der Waals surface area contributed by atoms with Gasteiger partial charge >= 0.3 is 0 Å². The van der Waals surface area contributed by atoms with E-state index in [1.807, 2.05) is 13.0 Å². The van der Waals surface area contributed by atoms with E-state index >= 15 is 0 Å². The molecule has 2 rings (SSSR count). The van der Waals surface area contributed by atoms with E-state index in [-0.39, 0.29) is 6.04 Å². The quantitative estimate of drug-likeness (QED) is 0.834. The Morgan fingerprint density at radius 2 is 2.06 bits per heavy atom. The van der Waals surface area contributed by atoms with Gasteiger partial charge in [-0.2, -0.15) is 0 Å². The maximum absolute atomic E-state index is 5.97. The Bertz CT molecular complexity index is 374. The first-order chi connectivity index (χ1) is 7.74. The van der Waals surface area contributed by atoms with Crippen molar-refractivity contribution in [3.8, 4) is 11.5 Å². The van der Waals surface area contributed by atoms with Crippen molar-refractivity contribution in [3.63, 3.8) is 0 Å². The van der Waals surface area contributed by atoms with E-state index in [4.69, 9.17) is 15.2 Å². The highest BCUT2D eigenvalue weighted by atomic mass is 16.5. The molecule has 1 atom stereocenters. The van der Waals surface area contributed by atoms with Gasteiger partial charge in [-0.1, -0.05) is 13.0 Å². The smallest absolute Gasteiger partial charge is 0.164 e. The Balaban J connectivity index is 2.49. The summed E-state index contributed by atoms with van der Waals surface area (Å²) in [7, 11) is 0. The van der Waals surface area contributed by atoms with Gasteiger partial charge in [-0.05, 0) is 25.0 Å². The fourth-order valence-electron chi connectivity index (χ4n) is 2.10. The lowest BCUT2D eigenvalue weighted by Crippen LogP contribution is -2.09. The topological polar surface area (TPSA) is 44.5 Å². The van der Waals surface area contributed by atoms with Gasteiger partial charge in [0.2, 0.25) is 0 Å². The SMILES string of the molecule is CCc1c(C(C)N)ccc2c1OCCCO2. The largest absolute Gasteiger partial charge is 0.490 e. The highest BCUT2D eigenvalue weighted by molar-refractivity contribution is 5.52. The first kappa shape index (κ1) is 11.3. The maximum atomic E-state index is 5.97. The minimum Gasteiger partial charge on any atom is -0.490 e. The molecule has 1 heterocycles. The number of benzene rings is 1. The summed E-state index contributed by atoms with van der Waals surface area (Å²) >= 11 is 0. The van der Waals surface area contributed by atoms with Crippen LogP contribution in [-0.2, 0) is 6.42 Å². The van der Waals surface area contributed by atoms with Gasteiger partial charge in [0.15, 0.2) is 11.5 Å². The molecule has 2 N–H and O–H groups in total. The Morgan fingerprint density at radius 1 is 1.31 bits per heavy atom. The number of hydrogen-bond acceptors (Lipinski definition) is 3. The average molecular weight is 221 g/mol. The zero-order valence-electron chi connectivity index (χ0n) is 9.95. The number of hydrogen-bond donors (Lipinski definition) is 1. The van der Waals surface area contributed by atoms with Gasteiger partial charge < -0.3 is 15.2 Å². The molecule has 0 fully saturated rings. The third kappa shape index (κ3) is 2.00. The summed E-state index contributed by atoms with van der Waals surface area (Å²) in [4.78, 5) is 0.